The van der Waals surface area contributed by atoms with Crippen molar-refractivity contribution in [3.8, 4) is 34.6 Å². The SMILES string of the molecule is COc1ccc([C@@H]2CCCn3nc(/C=C/c4ccc(-n5cnc(C)c5)c(OC)n4)nc32)cc1.COc1ccc([C@H]2CCCn3nc(/C=C/c4ccc(-n5cnc(C)c5)c(OC)n4)nc32)cc1. The molecule has 66 heavy (non-hydrogen) atoms. The smallest absolute Gasteiger partial charge is 0.238 e. The predicted molar refractivity (Wildman–Crippen MR) is 251 cm³/mol. The third-order valence-corrected chi connectivity index (χ3v) is 11.7. The lowest BCUT2D eigenvalue weighted by Crippen LogP contribution is -2.17. The van der Waals surface area contributed by atoms with Crippen LogP contribution in [0.3, 0.4) is 0 Å². The van der Waals surface area contributed by atoms with E-state index in [-0.39, 0.29) is 11.8 Å². The minimum Gasteiger partial charge on any atom is -0.497 e. The zero-order valence-corrected chi connectivity index (χ0v) is 37.9. The molecule has 2 aliphatic heterocycles. The molecule has 0 fully saturated rings. The van der Waals surface area contributed by atoms with Crippen LogP contribution in [0.2, 0.25) is 0 Å². The zero-order chi connectivity index (χ0) is 45.6. The highest BCUT2D eigenvalue weighted by Gasteiger charge is 2.27. The van der Waals surface area contributed by atoms with E-state index in [4.69, 9.17) is 39.1 Å². The van der Waals surface area contributed by atoms with Crippen LogP contribution in [0.25, 0.3) is 35.7 Å². The summed E-state index contributed by atoms with van der Waals surface area (Å²) in [6, 6.07) is 24.3. The van der Waals surface area contributed by atoms with Gasteiger partial charge in [-0.05, 0) is 123 Å². The largest absolute Gasteiger partial charge is 0.497 e. The summed E-state index contributed by atoms with van der Waals surface area (Å²) in [5.74, 6) is 6.61. The van der Waals surface area contributed by atoms with Crippen molar-refractivity contribution in [3.63, 3.8) is 0 Å². The Balaban J connectivity index is 0.000000166. The fourth-order valence-corrected chi connectivity index (χ4v) is 8.38. The Morgan fingerprint density at radius 3 is 1.29 bits per heavy atom. The number of imidazole rings is 2. The van der Waals surface area contributed by atoms with Crippen molar-refractivity contribution in [3.05, 3.63) is 155 Å². The van der Waals surface area contributed by atoms with Gasteiger partial charge in [-0.3, -0.25) is 0 Å². The summed E-state index contributed by atoms with van der Waals surface area (Å²) in [4.78, 5) is 27.5. The summed E-state index contributed by atoms with van der Waals surface area (Å²) in [5.41, 5.74) is 7.56. The maximum Gasteiger partial charge on any atom is 0.238 e. The summed E-state index contributed by atoms with van der Waals surface area (Å²) in [6.07, 6.45) is 19.3. The first-order chi connectivity index (χ1) is 32.3. The van der Waals surface area contributed by atoms with Gasteiger partial charge >= 0.3 is 0 Å². The summed E-state index contributed by atoms with van der Waals surface area (Å²) in [7, 11) is 6.60. The molecule has 2 aromatic carbocycles. The Labute approximate surface area is 383 Å². The second kappa shape index (κ2) is 19.5. The van der Waals surface area contributed by atoms with Crippen LogP contribution in [0.5, 0.6) is 23.3 Å². The number of fused-ring (bicyclic) bond motifs is 2. The number of rotatable bonds is 12. The van der Waals surface area contributed by atoms with Gasteiger partial charge < -0.3 is 28.1 Å². The summed E-state index contributed by atoms with van der Waals surface area (Å²) >= 11 is 0. The van der Waals surface area contributed by atoms with Crippen LogP contribution < -0.4 is 18.9 Å². The Kier molecular flexibility index (Phi) is 12.8. The first-order valence-electron chi connectivity index (χ1n) is 21.9. The molecule has 0 aliphatic carbocycles. The molecule has 0 saturated carbocycles. The number of nitrogens with zero attached hydrogens (tertiary/aromatic N) is 12. The Bertz CT molecular complexity index is 2780. The van der Waals surface area contributed by atoms with Crippen molar-refractivity contribution in [2.45, 2.75) is 64.5 Å². The van der Waals surface area contributed by atoms with E-state index in [1.54, 1.807) is 41.1 Å². The van der Waals surface area contributed by atoms with Crippen LogP contribution in [0.1, 0.15) is 94.7 Å². The second-order valence-corrected chi connectivity index (χ2v) is 16.1. The van der Waals surface area contributed by atoms with Crippen molar-refractivity contribution < 1.29 is 18.9 Å². The van der Waals surface area contributed by atoms with E-state index < -0.39 is 0 Å². The van der Waals surface area contributed by atoms with Gasteiger partial charge in [0.1, 0.15) is 34.5 Å². The maximum atomic E-state index is 5.51. The standard InChI is InChI=1S/2C25H26N6O2/c2*1-17-15-30(16-26-17)22-12-8-19(27-25(22)33-3)9-13-23-28-24-21(5-4-14-31(24)29-23)18-6-10-20(32-2)11-7-18/h2*6-13,15-16,21H,4-5,14H2,1-3H3/b2*13-9+/t2*21-/m10/s1. The molecule has 8 aromatic rings. The van der Waals surface area contributed by atoms with Crippen LogP contribution in [-0.4, -0.2) is 87.0 Å². The number of ether oxygens (including phenoxy) is 4. The van der Waals surface area contributed by atoms with Gasteiger partial charge in [0.2, 0.25) is 11.8 Å². The molecule has 0 bridgehead atoms. The van der Waals surface area contributed by atoms with E-state index in [0.717, 1.165) is 96.1 Å². The lowest BCUT2D eigenvalue weighted by molar-refractivity contribution is 0.395. The molecule has 2 aliphatic rings. The number of hydrogen-bond acceptors (Lipinski definition) is 12. The van der Waals surface area contributed by atoms with Crippen molar-refractivity contribution in [1.82, 2.24) is 58.6 Å². The first-order valence-corrected chi connectivity index (χ1v) is 21.9. The molecule has 0 amide bonds. The Morgan fingerprint density at radius 1 is 0.500 bits per heavy atom. The summed E-state index contributed by atoms with van der Waals surface area (Å²) in [6.45, 7) is 5.66. The highest BCUT2D eigenvalue weighted by molar-refractivity contribution is 5.67. The van der Waals surface area contributed by atoms with Crippen molar-refractivity contribution in [2.75, 3.05) is 28.4 Å². The van der Waals surface area contributed by atoms with Crippen LogP contribution in [-0.2, 0) is 13.1 Å². The molecule has 0 spiro atoms. The van der Waals surface area contributed by atoms with E-state index in [2.05, 4.69) is 44.2 Å². The maximum absolute atomic E-state index is 5.51. The van der Waals surface area contributed by atoms with Gasteiger partial charge in [0.25, 0.3) is 0 Å². The van der Waals surface area contributed by atoms with Gasteiger partial charge in [-0.15, -0.1) is 0 Å². The highest BCUT2D eigenvalue weighted by Crippen LogP contribution is 2.35. The van der Waals surface area contributed by atoms with Crippen LogP contribution in [0.15, 0.2) is 97.8 Å². The number of aromatic nitrogens is 12. The van der Waals surface area contributed by atoms with Gasteiger partial charge in [-0.1, -0.05) is 24.3 Å². The van der Waals surface area contributed by atoms with Crippen LogP contribution in [0.4, 0.5) is 0 Å². The number of hydrogen-bond donors (Lipinski definition) is 0. The zero-order valence-electron chi connectivity index (χ0n) is 37.9. The van der Waals surface area contributed by atoms with Gasteiger partial charge in [0, 0.05) is 37.3 Å². The number of methoxy groups -OCH3 is 4. The van der Waals surface area contributed by atoms with E-state index in [1.807, 2.05) is 118 Å². The van der Waals surface area contributed by atoms with Crippen LogP contribution >= 0.6 is 0 Å². The molecular weight excluding hydrogens is 833 g/mol. The molecule has 0 unspecified atom stereocenters. The summed E-state index contributed by atoms with van der Waals surface area (Å²) < 4.78 is 29.5. The molecular formula is C50H52N12O4. The van der Waals surface area contributed by atoms with Crippen molar-refractivity contribution in [1.29, 1.82) is 0 Å². The van der Waals surface area contributed by atoms with E-state index in [0.29, 0.717) is 23.4 Å². The van der Waals surface area contributed by atoms with Gasteiger partial charge in [-0.25, -0.2) is 39.3 Å². The molecule has 6 aromatic heterocycles. The lowest BCUT2D eigenvalue weighted by atomic mass is 9.91. The topological polar surface area (TPSA) is 160 Å². The van der Waals surface area contributed by atoms with Crippen molar-refractivity contribution in [2.24, 2.45) is 0 Å². The summed E-state index contributed by atoms with van der Waals surface area (Å²) in [5, 5.41) is 9.42. The highest BCUT2D eigenvalue weighted by atomic mass is 16.5. The Morgan fingerprint density at radius 2 is 0.924 bits per heavy atom. The number of aryl methyl sites for hydroxylation is 4. The average Bonchev–Trinajstić information content (AvgIpc) is 4.19. The first kappa shape index (κ1) is 43.4. The molecule has 8 heterocycles. The number of pyridine rings is 2. The monoisotopic (exact) mass is 884 g/mol. The Hall–Kier alpha value is -7.88. The van der Waals surface area contributed by atoms with Gasteiger partial charge in [-0.2, -0.15) is 10.2 Å². The minimum absolute atomic E-state index is 0.232. The molecule has 0 radical (unpaired) electrons. The lowest BCUT2D eigenvalue weighted by Gasteiger charge is -2.22. The van der Waals surface area contributed by atoms with E-state index in [1.165, 1.54) is 11.1 Å². The van der Waals surface area contributed by atoms with Gasteiger partial charge in [0.15, 0.2) is 11.6 Å². The third kappa shape index (κ3) is 9.48. The molecule has 16 nitrogen and oxygen atoms in total. The van der Waals surface area contributed by atoms with E-state index in [9.17, 15) is 0 Å². The number of benzene rings is 2. The second-order valence-electron chi connectivity index (χ2n) is 16.1. The van der Waals surface area contributed by atoms with E-state index >= 15 is 0 Å². The van der Waals surface area contributed by atoms with Crippen molar-refractivity contribution >= 4 is 24.3 Å². The minimum atomic E-state index is 0.232. The molecule has 336 valence electrons. The fraction of sp³-hybridized carbons (Fsp3) is 0.280. The molecule has 2 atom stereocenters. The molecule has 10 rings (SSSR count). The quantitative estimate of drug-likeness (QED) is 0.115. The fourth-order valence-electron chi connectivity index (χ4n) is 8.38. The molecule has 0 saturated heterocycles. The average molecular weight is 885 g/mol. The predicted octanol–water partition coefficient (Wildman–Crippen LogP) is 8.56. The van der Waals surface area contributed by atoms with Crippen LogP contribution in [0, 0.1) is 13.8 Å². The van der Waals surface area contributed by atoms with Gasteiger partial charge in [0.05, 0.1) is 63.9 Å². The molecule has 16 heteroatoms. The molecule has 0 N–H and O–H groups in total. The third-order valence-electron chi connectivity index (χ3n) is 11.7. The normalized spacial score (nSPS) is 15.5.